The summed E-state index contributed by atoms with van der Waals surface area (Å²) < 4.78 is 19.5. The Morgan fingerprint density at radius 2 is 2.07 bits per heavy atom. The molecule has 2 aromatic rings. The molecule has 9 heteroatoms. The lowest BCUT2D eigenvalue weighted by molar-refractivity contribution is 0.402. The zero-order valence-electron chi connectivity index (χ0n) is 15.8. The number of rotatable bonds is 8. The number of aryl methyl sites for hydroxylation is 1. The predicted octanol–water partition coefficient (Wildman–Crippen LogP) is 5.82. The van der Waals surface area contributed by atoms with E-state index >= 15 is 0 Å². The minimum absolute atomic E-state index is 0.0360. The standard InChI is InChI=1S/C20H19Cl3FN3O2/c1-4-5-13(7-14(21)9-24)10-27-11-18(29-3)19(28)26-20(27)25-17-8-16(23)15(22)6-12(17)2/h4-8,11H,1,9-10H2,2-3H3,(H,25,26,28)/b13-5+,14-7+. The van der Waals surface area contributed by atoms with Crippen molar-refractivity contribution in [1.82, 2.24) is 9.55 Å². The van der Waals surface area contributed by atoms with E-state index in [1.807, 2.05) is 6.92 Å². The Morgan fingerprint density at radius 1 is 1.38 bits per heavy atom. The number of nitrogens with zero attached hydrogens (tertiary/aromatic N) is 2. The first-order chi connectivity index (χ1) is 13.8. The smallest absolute Gasteiger partial charge is 0.316 e. The molecule has 5 nitrogen and oxygen atoms in total. The molecule has 0 saturated carbocycles. The minimum Gasteiger partial charge on any atom is -0.490 e. The van der Waals surface area contributed by atoms with Gasteiger partial charge >= 0.3 is 5.56 Å². The first kappa shape index (κ1) is 23.0. The second-order valence-corrected chi connectivity index (χ2v) is 7.27. The van der Waals surface area contributed by atoms with E-state index in [1.165, 1.54) is 19.4 Å². The van der Waals surface area contributed by atoms with Crippen LogP contribution in [0.25, 0.3) is 0 Å². The molecule has 1 heterocycles. The van der Waals surface area contributed by atoms with Gasteiger partial charge in [0.15, 0.2) is 0 Å². The highest BCUT2D eigenvalue weighted by atomic mass is 35.5. The fourth-order valence-electron chi connectivity index (χ4n) is 2.47. The maximum Gasteiger partial charge on any atom is 0.316 e. The van der Waals surface area contributed by atoms with Gasteiger partial charge in [0, 0.05) is 10.7 Å². The van der Waals surface area contributed by atoms with Gasteiger partial charge < -0.3 is 14.6 Å². The molecule has 2 rings (SSSR count). The predicted molar refractivity (Wildman–Crippen MR) is 118 cm³/mol. The van der Waals surface area contributed by atoms with Gasteiger partial charge in [0.25, 0.3) is 0 Å². The summed E-state index contributed by atoms with van der Waals surface area (Å²) in [5.74, 6) is 0.289. The number of hydrogen-bond donors (Lipinski definition) is 1. The quantitative estimate of drug-likeness (QED) is 0.507. The van der Waals surface area contributed by atoms with Crippen LogP contribution in [-0.4, -0.2) is 23.3 Å². The number of allylic oxidation sites excluding steroid dienone is 5. The van der Waals surface area contributed by atoms with E-state index in [0.29, 0.717) is 21.3 Å². The lowest BCUT2D eigenvalue weighted by Gasteiger charge is -2.17. The maximum absolute atomic E-state index is 12.8. The van der Waals surface area contributed by atoms with Crippen molar-refractivity contribution in [1.29, 1.82) is 0 Å². The van der Waals surface area contributed by atoms with Crippen molar-refractivity contribution >= 4 is 46.4 Å². The molecule has 1 aromatic heterocycles. The van der Waals surface area contributed by atoms with E-state index < -0.39 is 12.2 Å². The minimum atomic E-state index is -0.796. The van der Waals surface area contributed by atoms with Crippen molar-refractivity contribution in [3.63, 3.8) is 0 Å². The first-order valence-electron chi connectivity index (χ1n) is 8.40. The molecule has 0 saturated heterocycles. The van der Waals surface area contributed by atoms with Crippen LogP contribution in [0.1, 0.15) is 5.56 Å². The van der Waals surface area contributed by atoms with Crippen LogP contribution in [0, 0.1) is 6.92 Å². The van der Waals surface area contributed by atoms with Crippen LogP contribution in [0.5, 0.6) is 5.75 Å². The molecule has 0 unspecified atom stereocenters. The van der Waals surface area contributed by atoms with Crippen molar-refractivity contribution in [2.45, 2.75) is 13.5 Å². The summed E-state index contributed by atoms with van der Waals surface area (Å²) in [7, 11) is 1.37. The Kier molecular flexibility index (Phi) is 8.32. The van der Waals surface area contributed by atoms with E-state index in [-0.39, 0.29) is 23.3 Å². The monoisotopic (exact) mass is 457 g/mol. The summed E-state index contributed by atoms with van der Waals surface area (Å²) in [6.45, 7) is 4.92. The largest absolute Gasteiger partial charge is 0.490 e. The number of benzene rings is 1. The van der Waals surface area contributed by atoms with Gasteiger partial charge in [0.1, 0.15) is 6.67 Å². The number of methoxy groups -OCH3 is 1. The average molecular weight is 459 g/mol. The summed E-state index contributed by atoms with van der Waals surface area (Å²) in [6.07, 6.45) is 6.22. The summed E-state index contributed by atoms with van der Waals surface area (Å²) in [5, 5.41) is 3.89. The van der Waals surface area contributed by atoms with Crippen molar-refractivity contribution in [3.8, 4) is 5.75 Å². The average Bonchev–Trinajstić information content (AvgIpc) is 2.67. The lowest BCUT2D eigenvalue weighted by Crippen LogP contribution is -2.19. The third kappa shape index (κ3) is 6.10. The van der Waals surface area contributed by atoms with E-state index in [0.717, 1.165) is 5.56 Å². The summed E-state index contributed by atoms with van der Waals surface area (Å²) in [4.78, 5) is 16.3. The highest BCUT2D eigenvalue weighted by molar-refractivity contribution is 6.42. The highest BCUT2D eigenvalue weighted by Gasteiger charge is 2.13. The highest BCUT2D eigenvalue weighted by Crippen LogP contribution is 2.30. The topological polar surface area (TPSA) is 56.2 Å². The number of aromatic nitrogens is 2. The Labute approximate surface area is 183 Å². The normalized spacial score (nSPS) is 12.1. The molecule has 154 valence electrons. The van der Waals surface area contributed by atoms with Gasteiger partial charge in [-0.1, -0.05) is 53.5 Å². The molecule has 1 aromatic carbocycles. The fraction of sp³-hybridized carbons (Fsp3) is 0.200. The zero-order valence-corrected chi connectivity index (χ0v) is 18.1. The van der Waals surface area contributed by atoms with Crippen LogP contribution in [0.15, 0.2) is 58.5 Å². The molecular formula is C20H19Cl3FN3O2. The van der Waals surface area contributed by atoms with E-state index in [4.69, 9.17) is 39.5 Å². The van der Waals surface area contributed by atoms with E-state index in [2.05, 4.69) is 16.9 Å². The molecule has 0 bridgehead atoms. The Morgan fingerprint density at radius 3 is 2.69 bits per heavy atom. The van der Waals surface area contributed by atoms with Crippen molar-refractivity contribution in [3.05, 3.63) is 79.7 Å². The molecule has 0 spiro atoms. The van der Waals surface area contributed by atoms with E-state index in [9.17, 15) is 9.18 Å². The molecule has 0 aliphatic rings. The summed E-state index contributed by atoms with van der Waals surface area (Å²) in [6, 6.07) is 3.34. The number of nitrogens with one attached hydrogen (secondary N) is 1. The third-order valence-electron chi connectivity index (χ3n) is 3.85. The van der Waals surface area contributed by atoms with Crippen LogP contribution in [0.4, 0.5) is 16.0 Å². The Bertz CT molecular complexity index is 1030. The fourth-order valence-corrected chi connectivity index (χ4v) is 2.99. The number of anilines is 2. The van der Waals surface area contributed by atoms with Crippen LogP contribution in [0.2, 0.25) is 10.0 Å². The number of hydrogen-bond acceptors (Lipinski definition) is 4. The van der Waals surface area contributed by atoms with Gasteiger partial charge in [-0.15, -0.1) is 0 Å². The molecule has 0 fully saturated rings. The summed E-state index contributed by atoms with van der Waals surface area (Å²) >= 11 is 18.0. The van der Waals surface area contributed by atoms with Gasteiger partial charge in [-0.25, -0.2) is 4.39 Å². The molecule has 29 heavy (non-hydrogen) atoms. The molecule has 0 aliphatic carbocycles. The van der Waals surface area contributed by atoms with E-state index in [1.54, 1.807) is 28.9 Å². The Hall–Kier alpha value is -2.28. The van der Waals surface area contributed by atoms with Gasteiger partial charge in [0.2, 0.25) is 11.7 Å². The second-order valence-electron chi connectivity index (χ2n) is 5.97. The van der Waals surface area contributed by atoms with Crippen LogP contribution < -0.4 is 15.6 Å². The third-order valence-corrected chi connectivity index (χ3v) is 4.78. The maximum atomic E-state index is 12.8. The van der Waals surface area contributed by atoms with Crippen LogP contribution in [-0.2, 0) is 6.54 Å². The van der Waals surface area contributed by atoms with Crippen molar-refractivity contribution in [2.75, 3.05) is 19.1 Å². The SMILES string of the molecule is C=C/C=C(\C=C(\Cl)CF)Cn1cc(OC)c(=O)nc1Nc1cc(Cl)c(Cl)cc1C. The molecule has 0 atom stereocenters. The van der Waals surface area contributed by atoms with Gasteiger partial charge in [0.05, 0.1) is 29.9 Å². The van der Waals surface area contributed by atoms with Crippen LogP contribution >= 0.6 is 34.8 Å². The number of alkyl halides is 1. The van der Waals surface area contributed by atoms with Crippen molar-refractivity contribution in [2.24, 2.45) is 0 Å². The van der Waals surface area contributed by atoms with Gasteiger partial charge in [-0.3, -0.25) is 4.79 Å². The Balaban J connectivity index is 2.54. The van der Waals surface area contributed by atoms with Gasteiger partial charge in [-0.2, -0.15) is 4.98 Å². The molecule has 0 aliphatic heterocycles. The molecular weight excluding hydrogens is 440 g/mol. The van der Waals surface area contributed by atoms with Crippen LogP contribution in [0.3, 0.4) is 0 Å². The first-order valence-corrected chi connectivity index (χ1v) is 9.54. The zero-order chi connectivity index (χ0) is 21.6. The lowest BCUT2D eigenvalue weighted by atomic mass is 10.2. The number of ether oxygens (including phenoxy) is 1. The second kappa shape index (κ2) is 10.5. The molecule has 0 radical (unpaired) electrons. The van der Waals surface area contributed by atoms with Crippen molar-refractivity contribution < 1.29 is 9.13 Å². The molecule has 1 N–H and O–H groups in total. The van der Waals surface area contributed by atoms with Gasteiger partial charge in [-0.05, 0) is 36.3 Å². The number of halogens is 4. The molecule has 0 amide bonds. The summed E-state index contributed by atoms with van der Waals surface area (Å²) in [5.41, 5.74) is 1.52.